The molecule has 0 saturated heterocycles. The number of amides is 1. The number of aromatic nitrogens is 2. The van der Waals surface area contributed by atoms with Crippen molar-refractivity contribution in [2.24, 2.45) is 9.78 Å². The van der Waals surface area contributed by atoms with Gasteiger partial charge in [-0.3, -0.25) is 4.79 Å². The van der Waals surface area contributed by atoms with Gasteiger partial charge in [-0.2, -0.15) is 4.36 Å². The summed E-state index contributed by atoms with van der Waals surface area (Å²) in [5.74, 6) is -0.344. The lowest BCUT2D eigenvalue weighted by molar-refractivity contribution is -0.124. The molecule has 0 bridgehead atoms. The second kappa shape index (κ2) is 6.50. The molecular weight excluding hydrogens is 378 g/mol. The van der Waals surface area contributed by atoms with E-state index in [4.69, 9.17) is 11.6 Å². The quantitative estimate of drug-likeness (QED) is 0.416. The average molecular weight is 404 g/mol. The second-order valence-electron chi connectivity index (χ2n) is 8.34. The highest BCUT2D eigenvalue weighted by Gasteiger charge is 2.59. The first-order chi connectivity index (χ1) is 11.3. The summed E-state index contributed by atoms with van der Waals surface area (Å²) in [5, 5.41) is 0.852. The van der Waals surface area contributed by atoms with Gasteiger partial charge in [-0.05, 0) is 45.9 Å². The standard InChI is InChI=1S/C17H26ClN3O2S2/c1-15(2,3)13(22)21-25(23,16(4,5)6)17(8-9-17)11-10-12(18)20-14(19-11)24-7/h10H,8-9H2,1-7H3/t25-/m1/s1. The van der Waals surface area contributed by atoms with Crippen LogP contribution in [0.5, 0.6) is 0 Å². The fraction of sp³-hybridized carbons (Fsp3) is 0.706. The maximum absolute atomic E-state index is 14.2. The number of halogens is 1. The van der Waals surface area contributed by atoms with Crippen molar-refractivity contribution in [3.05, 3.63) is 16.9 Å². The highest BCUT2D eigenvalue weighted by Crippen LogP contribution is 2.57. The number of hydrogen-bond acceptors (Lipinski definition) is 5. The summed E-state index contributed by atoms with van der Waals surface area (Å²) >= 11 is 7.53. The van der Waals surface area contributed by atoms with Crippen LogP contribution < -0.4 is 0 Å². The van der Waals surface area contributed by atoms with E-state index < -0.39 is 24.6 Å². The maximum atomic E-state index is 14.2. The van der Waals surface area contributed by atoms with Gasteiger partial charge in [0.1, 0.15) is 5.15 Å². The number of thioether (sulfide) groups is 1. The predicted octanol–water partition coefficient (Wildman–Crippen LogP) is 4.68. The fourth-order valence-corrected chi connectivity index (χ4v) is 6.36. The van der Waals surface area contributed by atoms with Gasteiger partial charge in [-0.1, -0.05) is 44.1 Å². The van der Waals surface area contributed by atoms with Crippen molar-refractivity contribution in [3.8, 4) is 0 Å². The number of hydrogen-bond donors (Lipinski definition) is 0. The number of rotatable bonds is 3. The van der Waals surface area contributed by atoms with Crippen LogP contribution in [0.2, 0.25) is 5.15 Å². The molecule has 1 aliphatic rings. The molecule has 1 saturated carbocycles. The van der Waals surface area contributed by atoms with Crippen LogP contribution in [0.15, 0.2) is 15.6 Å². The van der Waals surface area contributed by atoms with Gasteiger partial charge >= 0.3 is 0 Å². The molecular formula is C17H26ClN3O2S2. The average Bonchev–Trinajstić information content (AvgIpc) is 3.26. The summed E-state index contributed by atoms with van der Waals surface area (Å²) in [6, 6.07) is 1.66. The van der Waals surface area contributed by atoms with E-state index in [9.17, 15) is 9.00 Å². The van der Waals surface area contributed by atoms with Crippen LogP contribution in [0.3, 0.4) is 0 Å². The smallest absolute Gasteiger partial charge is 0.259 e. The molecule has 0 spiro atoms. The molecule has 1 aliphatic carbocycles. The molecule has 1 atom stereocenters. The van der Waals surface area contributed by atoms with E-state index in [0.29, 0.717) is 28.8 Å². The Hall–Kier alpha value is -0.660. The molecule has 8 heteroatoms. The normalized spacial score (nSPS) is 19.2. The lowest BCUT2D eigenvalue weighted by Gasteiger charge is -2.32. The van der Waals surface area contributed by atoms with Crippen LogP contribution in [0, 0.1) is 5.41 Å². The van der Waals surface area contributed by atoms with Crippen molar-refractivity contribution < 1.29 is 9.00 Å². The number of carbonyl (C=O) groups is 1. The fourth-order valence-electron chi connectivity index (χ4n) is 2.57. The first-order valence-corrected chi connectivity index (χ1v) is 11.3. The minimum absolute atomic E-state index is 0.318. The van der Waals surface area contributed by atoms with Crippen molar-refractivity contribution in [3.63, 3.8) is 0 Å². The van der Waals surface area contributed by atoms with E-state index in [1.807, 2.05) is 27.0 Å². The Kier molecular flexibility index (Phi) is 5.37. The molecule has 1 aromatic rings. The van der Waals surface area contributed by atoms with E-state index in [1.165, 1.54) is 11.8 Å². The summed E-state index contributed by atoms with van der Waals surface area (Å²) in [6.45, 7) is 11.0. The molecule has 5 nitrogen and oxygen atoms in total. The van der Waals surface area contributed by atoms with Crippen LogP contribution in [0.1, 0.15) is 60.1 Å². The summed E-state index contributed by atoms with van der Waals surface area (Å²) in [6.07, 6.45) is 3.21. The van der Waals surface area contributed by atoms with E-state index in [-0.39, 0.29) is 5.91 Å². The molecule has 1 heterocycles. The van der Waals surface area contributed by atoms with Gasteiger partial charge in [0.15, 0.2) is 5.16 Å². The van der Waals surface area contributed by atoms with Gasteiger partial charge in [0.2, 0.25) is 0 Å². The Balaban J connectivity index is 2.72. The molecule has 0 aromatic carbocycles. The van der Waals surface area contributed by atoms with Gasteiger partial charge in [0.25, 0.3) is 5.91 Å². The molecule has 0 aliphatic heterocycles. The lowest BCUT2D eigenvalue weighted by Crippen LogP contribution is -2.39. The molecule has 2 rings (SSSR count). The van der Waals surface area contributed by atoms with Crippen molar-refractivity contribution >= 4 is 39.0 Å². The minimum atomic E-state index is -2.93. The summed E-state index contributed by atoms with van der Waals surface area (Å²) in [7, 11) is -2.93. The molecule has 140 valence electrons. The predicted molar refractivity (Wildman–Crippen MR) is 105 cm³/mol. The lowest BCUT2D eigenvalue weighted by atomic mass is 9.96. The van der Waals surface area contributed by atoms with E-state index in [2.05, 4.69) is 14.3 Å². The highest BCUT2D eigenvalue weighted by atomic mass is 35.5. The Morgan fingerprint density at radius 1 is 1.24 bits per heavy atom. The second-order valence-corrected chi connectivity index (χ2v) is 12.7. The van der Waals surface area contributed by atoms with Crippen molar-refractivity contribution in [2.75, 3.05) is 6.26 Å². The van der Waals surface area contributed by atoms with Crippen LogP contribution in [-0.4, -0.2) is 31.1 Å². The third kappa shape index (κ3) is 3.74. The van der Waals surface area contributed by atoms with Crippen molar-refractivity contribution in [1.82, 2.24) is 9.97 Å². The zero-order chi connectivity index (χ0) is 19.3. The van der Waals surface area contributed by atoms with Gasteiger partial charge in [0, 0.05) is 10.2 Å². The van der Waals surface area contributed by atoms with Crippen LogP contribution in [-0.2, 0) is 19.3 Å². The monoisotopic (exact) mass is 403 g/mol. The van der Waals surface area contributed by atoms with E-state index in [0.717, 1.165) is 0 Å². The van der Waals surface area contributed by atoms with Crippen LogP contribution >= 0.6 is 23.4 Å². The molecule has 0 radical (unpaired) electrons. The first-order valence-electron chi connectivity index (χ1n) is 8.17. The van der Waals surface area contributed by atoms with Crippen molar-refractivity contribution in [1.29, 1.82) is 0 Å². The third-order valence-electron chi connectivity index (χ3n) is 4.24. The maximum Gasteiger partial charge on any atom is 0.259 e. The highest BCUT2D eigenvalue weighted by molar-refractivity contribution is 7.98. The Labute approximate surface area is 159 Å². The topological polar surface area (TPSA) is 72.3 Å². The van der Waals surface area contributed by atoms with Gasteiger partial charge in [0.05, 0.1) is 20.2 Å². The zero-order valence-electron chi connectivity index (χ0n) is 15.8. The molecule has 1 amide bonds. The van der Waals surface area contributed by atoms with Gasteiger partial charge < -0.3 is 0 Å². The zero-order valence-corrected chi connectivity index (χ0v) is 18.2. The van der Waals surface area contributed by atoms with Crippen molar-refractivity contribution in [2.45, 2.75) is 69.0 Å². The first kappa shape index (κ1) is 20.6. The molecule has 1 fully saturated rings. The van der Waals surface area contributed by atoms with Gasteiger partial charge in [-0.15, -0.1) is 0 Å². The molecule has 1 aromatic heterocycles. The summed E-state index contributed by atoms with van der Waals surface area (Å²) in [5.41, 5.74) is -0.0557. The molecule has 25 heavy (non-hydrogen) atoms. The van der Waals surface area contributed by atoms with Crippen LogP contribution in [0.25, 0.3) is 0 Å². The SMILES string of the molecule is CSc1nc(Cl)cc(C2([S@@](=O)(=NC(=O)C(C)(C)C)C(C)(C)C)CC2)n1. The van der Waals surface area contributed by atoms with E-state index in [1.54, 1.807) is 26.8 Å². The van der Waals surface area contributed by atoms with Crippen LogP contribution in [0.4, 0.5) is 0 Å². The molecule has 0 N–H and O–H groups in total. The van der Waals surface area contributed by atoms with E-state index >= 15 is 0 Å². The Morgan fingerprint density at radius 3 is 2.20 bits per heavy atom. The molecule has 0 unspecified atom stereocenters. The van der Waals surface area contributed by atoms with Gasteiger partial charge in [-0.25, -0.2) is 14.2 Å². The summed E-state index contributed by atoms with van der Waals surface area (Å²) < 4.78 is 17.1. The minimum Gasteiger partial charge on any atom is -0.271 e. The number of carbonyl (C=O) groups excluding carboxylic acids is 1. The Morgan fingerprint density at radius 2 is 1.80 bits per heavy atom. The summed E-state index contributed by atoms with van der Waals surface area (Å²) in [4.78, 5) is 21.3. The third-order valence-corrected chi connectivity index (χ3v) is 8.74. The number of nitrogens with zero attached hydrogens (tertiary/aromatic N) is 3. The largest absolute Gasteiger partial charge is 0.271 e. The Bertz CT molecular complexity index is 812.